The van der Waals surface area contributed by atoms with E-state index in [-0.39, 0.29) is 26.2 Å². The summed E-state index contributed by atoms with van der Waals surface area (Å²) in [6.45, 7) is 7.55. The minimum atomic E-state index is -0.858. The first-order valence-electron chi connectivity index (χ1n) is 9.84. The molecule has 2 unspecified atom stereocenters. The lowest BCUT2D eigenvalue weighted by Gasteiger charge is -2.33. The molecule has 0 saturated carbocycles. The van der Waals surface area contributed by atoms with Crippen molar-refractivity contribution < 1.29 is 33.3 Å². The van der Waals surface area contributed by atoms with E-state index in [2.05, 4.69) is 0 Å². The monoisotopic (exact) mass is 422 g/mol. The van der Waals surface area contributed by atoms with Gasteiger partial charge in [0, 0.05) is 13.1 Å². The molecule has 0 radical (unpaired) electrons. The quantitative estimate of drug-likeness (QED) is 0.530. The minimum absolute atomic E-state index is 0.0737. The fraction of sp³-hybridized carbons (Fsp3) is 0.571. The maximum Gasteiger partial charge on any atom is 0.508 e. The molecule has 2 amide bonds. The van der Waals surface area contributed by atoms with Crippen molar-refractivity contribution in [2.24, 2.45) is 0 Å². The number of amides is 2. The Morgan fingerprint density at radius 1 is 1.13 bits per heavy atom. The molecule has 1 saturated heterocycles. The molecule has 0 bridgehead atoms. The van der Waals surface area contributed by atoms with E-state index in [0.717, 1.165) is 5.56 Å². The third kappa shape index (κ3) is 6.53. The van der Waals surface area contributed by atoms with Gasteiger partial charge in [-0.1, -0.05) is 30.3 Å². The Bertz CT molecular complexity index is 733. The predicted octanol–water partition coefficient (Wildman–Crippen LogP) is 3.42. The molecule has 2 atom stereocenters. The second kappa shape index (κ2) is 10.2. The predicted molar refractivity (Wildman–Crippen MR) is 108 cm³/mol. The molecule has 1 aliphatic heterocycles. The molecule has 9 nitrogen and oxygen atoms in total. The van der Waals surface area contributed by atoms with Crippen molar-refractivity contribution in [3.8, 4) is 0 Å². The zero-order chi connectivity index (χ0) is 22.3. The summed E-state index contributed by atoms with van der Waals surface area (Å²) < 4.78 is 20.7. The van der Waals surface area contributed by atoms with Crippen LogP contribution in [0.5, 0.6) is 0 Å². The standard InChI is InChI=1S/C21H30N2O7/c1-6-28-20(26)29-17-14-22(18(24)27-5)13-16(17)23(19(25)30-21(2,3)4)12-15-10-8-7-9-11-15/h7-11,16-17H,6,12-14H2,1-5H3. The Balaban J connectivity index is 2.33. The SMILES string of the molecule is CCOC(=O)OC1CN(C(=O)OC)CC1N(Cc1ccccc1)C(=O)OC(C)(C)C. The number of hydrogen-bond acceptors (Lipinski definition) is 7. The minimum Gasteiger partial charge on any atom is -0.453 e. The van der Waals surface area contributed by atoms with Crippen molar-refractivity contribution in [1.29, 1.82) is 0 Å². The Labute approximate surface area is 176 Å². The van der Waals surface area contributed by atoms with Crippen molar-refractivity contribution in [2.75, 3.05) is 26.8 Å². The van der Waals surface area contributed by atoms with Crippen LogP contribution < -0.4 is 0 Å². The molecule has 1 aliphatic rings. The van der Waals surface area contributed by atoms with E-state index >= 15 is 0 Å². The summed E-state index contributed by atoms with van der Waals surface area (Å²) in [6.07, 6.45) is -2.79. The van der Waals surface area contributed by atoms with Gasteiger partial charge >= 0.3 is 18.3 Å². The smallest absolute Gasteiger partial charge is 0.453 e. The average Bonchev–Trinajstić information content (AvgIpc) is 3.08. The van der Waals surface area contributed by atoms with E-state index < -0.39 is 36.1 Å². The molecule has 1 fully saturated rings. The van der Waals surface area contributed by atoms with Gasteiger partial charge in [0.2, 0.25) is 0 Å². The number of hydrogen-bond donors (Lipinski definition) is 0. The van der Waals surface area contributed by atoms with Gasteiger partial charge in [-0.2, -0.15) is 0 Å². The van der Waals surface area contributed by atoms with Crippen LogP contribution in [0.3, 0.4) is 0 Å². The first-order valence-corrected chi connectivity index (χ1v) is 9.84. The van der Waals surface area contributed by atoms with Crippen molar-refractivity contribution in [1.82, 2.24) is 9.80 Å². The first-order chi connectivity index (χ1) is 14.1. The first kappa shape index (κ1) is 23.3. The Kier molecular flexibility index (Phi) is 7.91. The van der Waals surface area contributed by atoms with E-state index in [1.807, 2.05) is 30.3 Å². The van der Waals surface area contributed by atoms with E-state index in [0.29, 0.717) is 0 Å². The number of ether oxygens (including phenoxy) is 4. The highest BCUT2D eigenvalue weighted by atomic mass is 16.7. The molecule has 2 rings (SSSR count). The second-order valence-electron chi connectivity index (χ2n) is 7.88. The fourth-order valence-electron chi connectivity index (χ4n) is 3.14. The van der Waals surface area contributed by atoms with Crippen LogP contribution in [0, 0.1) is 0 Å². The Morgan fingerprint density at radius 3 is 2.37 bits per heavy atom. The number of likely N-dealkylation sites (tertiary alicyclic amines) is 1. The molecular weight excluding hydrogens is 392 g/mol. The maximum atomic E-state index is 13.1. The summed E-state index contributed by atoms with van der Waals surface area (Å²) in [5.74, 6) is 0. The number of rotatable bonds is 5. The summed E-state index contributed by atoms with van der Waals surface area (Å²) >= 11 is 0. The largest absolute Gasteiger partial charge is 0.508 e. The van der Waals surface area contributed by atoms with Gasteiger partial charge in [0.15, 0.2) is 0 Å². The van der Waals surface area contributed by atoms with E-state index in [4.69, 9.17) is 18.9 Å². The van der Waals surface area contributed by atoms with Gasteiger partial charge in [0.1, 0.15) is 11.7 Å². The van der Waals surface area contributed by atoms with Gasteiger partial charge in [0.25, 0.3) is 0 Å². The molecule has 1 aromatic rings. The van der Waals surface area contributed by atoms with Crippen LogP contribution >= 0.6 is 0 Å². The number of carbonyl (C=O) groups excluding carboxylic acids is 3. The lowest BCUT2D eigenvalue weighted by Crippen LogP contribution is -2.49. The molecule has 30 heavy (non-hydrogen) atoms. The van der Waals surface area contributed by atoms with Crippen molar-refractivity contribution in [2.45, 2.75) is 52.0 Å². The second-order valence-corrected chi connectivity index (χ2v) is 7.88. The van der Waals surface area contributed by atoms with E-state index in [1.165, 1.54) is 16.9 Å². The normalized spacial score (nSPS) is 18.5. The molecule has 1 aromatic carbocycles. The third-order valence-corrected chi connectivity index (χ3v) is 4.40. The van der Waals surface area contributed by atoms with Crippen LogP contribution in [0.4, 0.5) is 14.4 Å². The summed E-state index contributed by atoms with van der Waals surface area (Å²) in [5.41, 5.74) is 0.152. The van der Waals surface area contributed by atoms with Gasteiger partial charge in [-0.05, 0) is 33.3 Å². The molecule has 0 aliphatic carbocycles. The van der Waals surface area contributed by atoms with Crippen molar-refractivity contribution in [3.05, 3.63) is 35.9 Å². The molecular formula is C21H30N2O7. The molecule has 1 heterocycles. The molecule has 0 N–H and O–H groups in total. The van der Waals surface area contributed by atoms with Gasteiger partial charge in [-0.3, -0.25) is 4.90 Å². The van der Waals surface area contributed by atoms with Crippen LogP contribution in [-0.4, -0.2) is 72.7 Å². The lowest BCUT2D eigenvalue weighted by molar-refractivity contribution is -0.0168. The zero-order valence-electron chi connectivity index (χ0n) is 18.1. The molecule has 0 spiro atoms. The van der Waals surface area contributed by atoms with Gasteiger partial charge in [-0.15, -0.1) is 0 Å². The number of benzene rings is 1. The maximum absolute atomic E-state index is 13.1. The highest BCUT2D eigenvalue weighted by Crippen LogP contribution is 2.25. The Hall–Kier alpha value is -2.97. The van der Waals surface area contributed by atoms with Gasteiger partial charge < -0.3 is 23.8 Å². The molecule has 0 aromatic heterocycles. The fourth-order valence-corrected chi connectivity index (χ4v) is 3.14. The van der Waals surface area contributed by atoms with E-state index in [1.54, 1.807) is 27.7 Å². The third-order valence-electron chi connectivity index (χ3n) is 4.40. The van der Waals surface area contributed by atoms with Crippen molar-refractivity contribution in [3.63, 3.8) is 0 Å². The van der Waals surface area contributed by atoms with Crippen LogP contribution in [0.25, 0.3) is 0 Å². The zero-order valence-corrected chi connectivity index (χ0v) is 18.1. The van der Waals surface area contributed by atoms with E-state index in [9.17, 15) is 14.4 Å². The number of methoxy groups -OCH3 is 1. The molecule has 166 valence electrons. The summed E-state index contributed by atoms with van der Waals surface area (Å²) in [5, 5.41) is 0. The average molecular weight is 422 g/mol. The number of carbonyl (C=O) groups is 3. The highest BCUT2D eigenvalue weighted by molar-refractivity contribution is 5.71. The van der Waals surface area contributed by atoms with Crippen LogP contribution in [0.2, 0.25) is 0 Å². The van der Waals surface area contributed by atoms with Crippen molar-refractivity contribution >= 4 is 18.3 Å². The summed E-state index contributed by atoms with van der Waals surface area (Å²) in [4.78, 5) is 40.0. The van der Waals surface area contributed by atoms with Gasteiger partial charge in [-0.25, -0.2) is 14.4 Å². The van der Waals surface area contributed by atoms with Crippen LogP contribution in [0.15, 0.2) is 30.3 Å². The molecule has 9 heteroatoms. The van der Waals surface area contributed by atoms with Crippen LogP contribution in [-0.2, 0) is 25.5 Å². The Morgan fingerprint density at radius 2 is 1.80 bits per heavy atom. The summed E-state index contributed by atoms with van der Waals surface area (Å²) in [7, 11) is 1.27. The van der Waals surface area contributed by atoms with Gasteiger partial charge in [0.05, 0.1) is 26.3 Å². The number of nitrogens with zero attached hydrogens (tertiary/aromatic N) is 2. The topological polar surface area (TPSA) is 94.6 Å². The lowest BCUT2D eigenvalue weighted by atomic mass is 10.1. The summed E-state index contributed by atoms with van der Waals surface area (Å²) in [6, 6.07) is 8.73. The van der Waals surface area contributed by atoms with Crippen LogP contribution in [0.1, 0.15) is 33.3 Å². The highest BCUT2D eigenvalue weighted by Gasteiger charge is 2.44.